The van der Waals surface area contributed by atoms with Crippen molar-refractivity contribution in [1.29, 1.82) is 0 Å². The number of alkyl halides is 3. The zero-order valence-electron chi connectivity index (χ0n) is 27.7. The number of unbranched alkanes of at least 4 members (excludes halogenated alkanes) is 1. The maximum atomic E-state index is 13.4. The van der Waals surface area contributed by atoms with Crippen molar-refractivity contribution >= 4 is 43.4 Å². The first kappa shape index (κ1) is 38.6. The number of likely N-dealkylation sites (N-methyl/N-ethyl adjacent to an activating group) is 1. The molecule has 19 heteroatoms. The first-order valence-electron chi connectivity index (χ1n) is 15.5. The quantitative estimate of drug-likeness (QED) is 0.0931. The molecular formula is C31H40F3N8O6S2+. The highest BCUT2D eigenvalue weighted by atomic mass is 32.2. The molecule has 0 saturated carbocycles. The number of halogens is 3. The Kier molecular flexibility index (Phi) is 12.5. The number of thiazole rings is 1. The molecule has 2 heterocycles. The van der Waals surface area contributed by atoms with Gasteiger partial charge >= 0.3 is 6.18 Å². The van der Waals surface area contributed by atoms with Crippen LogP contribution in [-0.2, 0) is 38.9 Å². The van der Waals surface area contributed by atoms with E-state index in [1.54, 1.807) is 24.4 Å². The smallest absolute Gasteiger partial charge is 0.416 e. The van der Waals surface area contributed by atoms with Gasteiger partial charge < -0.3 is 25.0 Å². The van der Waals surface area contributed by atoms with Crippen LogP contribution in [0.1, 0.15) is 48.5 Å². The molecule has 2 amide bonds. The van der Waals surface area contributed by atoms with Gasteiger partial charge in [-0.15, -0.1) is 16.4 Å². The van der Waals surface area contributed by atoms with Gasteiger partial charge in [0.15, 0.2) is 0 Å². The molecule has 5 N–H and O–H groups in total. The van der Waals surface area contributed by atoms with Crippen molar-refractivity contribution in [3.8, 4) is 5.75 Å². The van der Waals surface area contributed by atoms with E-state index in [4.69, 9.17) is 9.88 Å². The Balaban J connectivity index is 1.37. The number of aliphatic hydroxyl groups is 1. The molecule has 4 aromatic rings. The lowest BCUT2D eigenvalue weighted by molar-refractivity contribution is -0.873. The van der Waals surface area contributed by atoms with Crippen LogP contribution in [0.3, 0.4) is 0 Å². The van der Waals surface area contributed by atoms with Gasteiger partial charge in [-0.3, -0.25) is 9.59 Å². The molecule has 0 bridgehead atoms. The number of nitrogens with two attached hydrogens (primary N) is 1. The Morgan fingerprint density at radius 1 is 1.10 bits per heavy atom. The first-order chi connectivity index (χ1) is 23.4. The van der Waals surface area contributed by atoms with Crippen LogP contribution in [0.4, 0.5) is 13.2 Å². The highest BCUT2D eigenvalue weighted by Crippen LogP contribution is 2.30. The number of aliphatic hydroxyl groups excluding tert-OH is 1. The number of ether oxygens (including phenoxy) is 1. The highest BCUT2D eigenvalue weighted by molar-refractivity contribution is 7.91. The maximum Gasteiger partial charge on any atom is 0.416 e. The summed E-state index contributed by atoms with van der Waals surface area (Å²) in [5, 5.41) is 29.1. The molecule has 0 spiro atoms. The van der Waals surface area contributed by atoms with Gasteiger partial charge in [0.2, 0.25) is 16.2 Å². The third-order valence-electron chi connectivity index (χ3n) is 7.30. The number of primary sulfonamides is 1. The summed E-state index contributed by atoms with van der Waals surface area (Å²) in [6.07, 6.45) is -2.41. The van der Waals surface area contributed by atoms with E-state index in [0.29, 0.717) is 64.1 Å². The predicted octanol–water partition coefficient (Wildman–Crippen LogP) is 2.73. The van der Waals surface area contributed by atoms with Gasteiger partial charge in [-0.25, -0.2) is 23.2 Å². The Morgan fingerprint density at radius 2 is 1.82 bits per heavy atom. The van der Waals surface area contributed by atoms with Crippen LogP contribution in [0.25, 0.3) is 10.2 Å². The number of carbonyl (C=O) groups is 2. The van der Waals surface area contributed by atoms with E-state index in [-0.39, 0.29) is 29.8 Å². The normalized spacial score (nSPS) is 13.6. The molecule has 14 nitrogen and oxygen atoms in total. The summed E-state index contributed by atoms with van der Waals surface area (Å²) in [7, 11) is 1.80. The molecule has 272 valence electrons. The summed E-state index contributed by atoms with van der Waals surface area (Å²) >= 11 is 0.907. The SMILES string of the molecule is C[N+](C)(C)C[C@H](O)CC(=O)NCCCC[C@@H](C(=O)NCc1ccc(C(F)(F)F)cc1)n1cc(COc2ccc3nc(S(N)(=O)=O)sc3c2)nn1. The van der Waals surface area contributed by atoms with E-state index >= 15 is 0 Å². The van der Waals surface area contributed by atoms with E-state index in [1.807, 2.05) is 21.1 Å². The second kappa shape index (κ2) is 16.2. The zero-order valence-corrected chi connectivity index (χ0v) is 29.3. The van der Waals surface area contributed by atoms with Gasteiger partial charge in [0, 0.05) is 13.1 Å². The fourth-order valence-corrected chi connectivity index (χ4v) is 6.64. The summed E-state index contributed by atoms with van der Waals surface area (Å²) in [5.74, 6) is -0.303. The number of hydrogen-bond acceptors (Lipinski definition) is 10. The number of carbonyl (C=O) groups excluding carboxylic acids is 2. The number of quaternary nitrogens is 1. The number of nitrogens with zero attached hydrogens (tertiary/aromatic N) is 5. The van der Waals surface area contributed by atoms with Gasteiger partial charge in [0.25, 0.3) is 10.0 Å². The van der Waals surface area contributed by atoms with E-state index in [1.165, 1.54) is 16.8 Å². The monoisotopic (exact) mass is 741 g/mol. The molecule has 0 radical (unpaired) electrons. The molecule has 2 aromatic carbocycles. The number of sulfonamides is 1. The van der Waals surface area contributed by atoms with Gasteiger partial charge in [-0.2, -0.15) is 13.2 Å². The van der Waals surface area contributed by atoms with Crippen LogP contribution in [0.15, 0.2) is 53.0 Å². The lowest BCUT2D eigenvalue weighted by Gasteiger charge is -2.26. The largest absolute Gasteiger partial charge is 0.487 e. The lowest BCUT2D eigenvalue weighted by Crippen LogP contribution is -2.43. The van der Waals surface area contributed by atoms with Crippen LogP contribution in [0.5, 0.6) is 5.75 Å². The number of fused-ring (bicyclic) bond motifs is 1. The number of benzene rings is 2. The molecule has 2 atom stereocenters. The Labute approximate surface area is 291 Å². The second-order valence-corrected chi connectivity index (χ2v) is 15.5. The summed E-state index contributed by atoms with van der Waals surface area (Å²) in [4.78, 5) is 29.6. The van der Waals surface area contributed by atoms with Crippen molar-refractivity contribution in [1.82, 2.24) is 30.6 Å². The third-order valence-corrected chi connectivity index (χ3v) is 9.64. The molecule has 0 fully saturated rings. The number of nitrogens with one attached hydrogen (secondary N) is 2. The minimum absolute atomic E-state index is 0.0168. The van der Waals surface area contributed by atoms with Gasteiger partial charge in [0.1, 0.15) is 36.7 Å². The van der Waals surface area contributed by atoms with Crippen LogP contribution < -0.4 is 20.5 Å². The fraction of sp³-hybridized carbons (Fsp3) is 0.452. The van der Waals surface area contributed by atoms with E-state index in [2.05, 4.69) is 25.9 Å². The van der Waals surface area contributed by atoms with Crippen molar-refractivity contribution in [3.05, 3.63) is 65.5 Å². The predicted molar refractivity (Wildman–Crippen MR) is 178 cm³/mol. The minimum atomic E-state index is -4.47. The van der Waals surface area contributed by atoms with Gasteiger partial charge in [-0.1, -0.05) is 17.3 Å². The van der Waals surface area contributed by atoms with Crippen molar-refractivity contribution in [3.63, 3.8) is 0 Å². The number of hydrogen-bond donors (Lipinski definition) is 4. The Morgan fingerprint density at radius 3 is 2.48 bits per heavy atom. The van der Waals surface area contributed by atoms with Crippen molar-refractivity contribution in [2.75, 3.05) is 34.2 Å². The molecular weight excluding hydrogens is 702 g/mol. The Hall–Kier alpha value is -4.17. The number of rotatable bonds is 17. The zero-order chi connectivity index (χ0) is 36.7. The highest BCUT2D eigenvalue weighted by Gasteiger charge is 2.30. The standard InChI is InChI=1S/C31H39F3N8O6S2/c1-42(2,3)18-23(43)14-28(44)36-13-5-4-6-26(29(45)37-16-20-7-9-21(10-8-20)31(32,33)34)41-17-22(39-40-41)19-48-24-11-12-25-27(15-24)49-30(38-25)50(35,46)47/h7-12,15,17,23,26,43H,4-6,13-14,16,18-19H2,1-3H3,(H3-,35,36,37,44,45,46,47)/p+1/t23-,26+/m1/s1. The van der Waals surface area contributed by atoms with E-state index < -0.39 is 39.8 Å². The molecule has 2 aromatic heterocycles. The fourth-order valence-electron chi connectivity index (χ4n) is 4.96. The van der Waals surface area contributed by atoms with Crippen molar-refractivity contribution in [2.24, 2.45) is 5.14 Å². The topological polar surface area (TPSA) is 191 Å². The van der Waals surface area contributed by atoms with E-state index in [9.17, 15) is 36.3 Å². The molecule has 50 heavy (non-hydrogen) atoms. The first-order valence-corrected chi connectivity index (χ1v) is 17.9. The molecule has 0 unspecified atom stereocenters. The van der Waals surface area contributed by atoms with Crippen LogP contribution in [0, 0.1) is 0 Å². The summed E-state index contributed by atoms with van der Waals surface area (Å²) in [6.45, 7) is 0.704. The number of amides is 2. The van der Waals surface area contributed by atoms with Crippen LogP contribution in [-0.4, -0.2) is 90.1 Å². The van der Waals surface area contributed by atoms with E-state index in [0.717, 1.165) is 23.5 Å². The van der Waals surface area contributed by atoms with Crippen LogP contribution in [0.2, 0.25) is 0 Å². The molecule has 0 aliphatic carbocycles. The third kappa shape index (κ3) is 11.7. The molecule has 0 aliphatic heterocycles. The van der Waals surface area contributed by atoms with Gasteiger partial charge in [-0.05, 0) is 55.2 Å². The maximum absolute atomic E-state index is 13.4. The average molecular weight is 742 g/mol. The Bertz CT molecular complexity index is 1880. The van der Waals surface area contributed by atoms with Gasteiger partial charge in [0.05, 0.1) is 49.5 Å². The molecule has 0 aliphatic rings. The minimum Gasteiger partial charge on any atom is -0.487 e. The van der Waals surface area contributed by atoms with Crippen LogP contribution >= 0.6 is 11.3 Å². The summed E-state index contributed by atoms with van der Waals surface area (Å²) in [5.41, 5.74) is 0.513. The number of aromatic nitrogens is 4. The van der Waals surface area contributed by atoms with Crippen molar-refractivity contribution < 1.29 is 45.5 Å². The molecule has 0 saturated heterocycles. The lowest BCUT2D eigenvalue weighted by atomic mass is 10.1. The second-order valence-electron chi connectivity index (χ2n) is 12.7. The average Bonchev–Trinajstić information content (AvgIpc) is 3.66. The summed E-state index contributed by atoms with van der Waals surface area (Å²) < 4.78 is 70.2. The molecule has 4 rings (SSSR count). The summed E-state index contributed by atoms with van der Waals surface area (Å²) in [6, 6.07) is 8.48. The van der Waals surface area contributed by atoms with Crippen molar-refractivity contribution in [2.45, 2.75) is 61.5 Å².